The van der Waals surface area contributed by atoms with Gasteiger partial charge in [0.05, 0.1) is 5.69 Å². The van der Waals surface area contributed by atoms with Crippen LogP contribution in [-0.4, -0.2) is 17.6 Å². The molecule has 0 aromatic heterocycles. The fourth-order valence-electron chi connectivity index (χ4n) is 1.47. The summed E-state index contributed by atoms with van der Waals surface area (Å²) in [6.07, 6.45) is 0.748. The molecule has 1 rings (SSSR count). The first-order valence-corrected chi connectivity index (χ1v) is 8.02. The van der Waals surface area contributed by atoms with Gasteiger partial charge in [-0.15, -0.1) is 0 Å². The molecule has 0 bridgehead atoms. The van der Waals surface area contributed by atoms with Gasteiger partial charge in [-0.2, -0.15) is 0 Å². The molecule has 0 heterocycles. The Balaban J connectivity index is 2.69. The minimum atomic E-state index is -0.351. The lowest BCUT2D eigenvalue weighted by Gasteiger charge is -2.23. The van der Waals surface area contributed by atoms with Crippen LogP contribution in [0.1, 0.15) is 20.3 Å². The lowest BCUT2D eigenvalue weighted by Crippen LogP contribution is -2.33. The number of nitrogens with zero attached hydrogens (tertiary/aromatic N) is 1. The summed E-state index contributed by atoms with van der Waals surface area (Å²) in [5.41, 5.74) is 6.29. The van der Waals surface area contributed by atoms with Crippen LogP contribution in [0.25, 0.3) is 0 Å². The van der Waals surface area contributed by atoms with E-state index in [1.54, 1.807) is 0 Å². The average molecular weight is 458 g/mol. The second-order valence-electron chi connectivity index (χ2n) is 4.79. The number of nitrogens with two attached hydrogens (primary N) is 1. The standard InChI is InChI=1S/C12H16Br3N3O/c1-12(2,11(16)18-19)3-4-17-10-8(14)5-7(13)6-9(10)15/h5-6,17,19H,3-4H2,1-2H3,(H2,16,18). The van der Waals surface area contributed by atoms with Crippen molar-refractivity contribution in [3.05, 3.63) is 25.6 Å². The normalized spacial score (nSPS) is 12.6. The Morgan fingerprint density at radius 3 is 2.32 bits per heavy atom. The van der Waals surface area contributed by atoms with Crippen LogP contribution in [0.4, 0.5) is 5.69 Å². The van der Waals surface area contributed by atoms with E-state index in [4.69, 9.17) is 10.9 Å². The van der Waals surface area contributed by atoms with Crippen LogP contribution in [0.2, 0.25) is 0 Å². The van der Waals surface area contributed by atoms with Crippen LogP contribution < -0.4 is 11.1 Å². The van der Waals surface area contributed by atoms with E-state index in [0.717, 1.165) is 25.5 Å². The second kappa shape index (κ2) is 6.95. The molecule has 0 fully saturated rings. The van der Waals surface area contributed by atoms with E-state index in [1.165, 1.54) is 0 Å². The van der Waals surface area contributed by atoms with Gasteiger partial charge in [0.2, 0.25) is 0 Å². The first-order valence-electron chi connectivity index (χ1n) is 5.64. The van der Waals surface area contributed by atoms with E-state index in [0.29, 0.717) is 6.54 Å². The van der Waals surface area contributed by atoms with Crippen molar-refractivity contribution in [1.82, 2.24) is 0 Å². The molecular formula is C12H16Br3N3O. The molecule has 0 saturated carbocycles. The Morgan fingerprint density at radius 2 is 1.84 bits per heavy atom. The summed E-state index contributed by atoms with van der Waals surface area (Å²) in [6.45, 7) is 4.59. The SMILES string of the molecule is CC(C)(CCNc1c(Br)cc(Br)cc1Br)C(N)=NO. The van der Waals surface area contributed by atoms with E-state index in [-0.39, 0.29) is 11.3 Å². The van der Waals surface area contributed by atoms with Crippen LogP contribution in [-0.2, 0) is 0 Å². The molecule has 0 radical (unpaired) electrons. The highest BCUT2D eigenvalue weighted by atomic mass is 79.9. The van der Waals surface area contributed by atoms with Gasteiger partial charge in [0.25, 0.3) is 0 Å². The predicted molar refractivity (Wildman–Crippen MR) is 89.8 cm³/mol. The number of nitrogens with one attached hydrogen (secondary N) is 1. The van der Waals surface area contributed by atoms with Crippen molar-refractivity contribution in [3.63, 3.8) is 0 Å². The van der Waals surface area contributed by atoms with Crippen LogP contribution in [0.5, 0.6) is 0 Å². The monoisotopic (exact) mass is 455 g/mol. The number of amidine groups is 1. The zero-order valence-electron chi connectivity index (χ0n) is 10.7. The summed E-state index contributed by atoms with van der Waals surface area (Å²) in [7, 11) is 0. The van der Waals surface area contributed by atoms with E-state index in [2.05, 4.69) is 58.3 Å². The summed E-state index contributed by atoms with van der Waals surface area (Å²) >= 11 is 10.4. The van der Waals surface area contributed by atoms with Crippen molar-refractivity contribution in [3.8, 4) is 0 Å². The highest BCUT2D eigenvalue weighted by molar-refractivity contribution is 9.11. The number of oxime groups is 1. The molecule has 0 saturated heterocycles. The van der Waals surface area contributed by atoms with Gasteiger partial charge in [-0.3, -0.25) is 0 Å². The van der Waals surface area contributed by atoms with E-state index in [1.807, 2.05) is 26.0 Å². The van der Waals surface area contributed by atoms with Gasteiger partial charge >= 0.3 is 0 Å². The average Bonchev–Trinajstić information content (AvgIpc) is 2.31. The van der Waals surface area contributed by atoms with Crippen LogP contribution in [0.3, 0.4) is 0 Å². The fourth-order valence-corrected chi connectivity index (χ4v) is 4.01. The zero-order chi connectivity index (χ0) is 14.6. The molecule has 1 aromatic rings. The molecule has 19 heavy (non-hydrogen) atoms. The minimum absolute atomic E-state index is 0.239. The van der Waals surface area contributed by atoms with Crippen molar-refractivity contribution in [2.24, 2.45) is 16.3 Å². The van der Waals surface area contributed by atoms with Gasteiger partial charge in [0.15, 0.2) is 0 Å². The van der Waals surface area contributed by atoms with Gasteiger partial charge < -0.3 is 16.3 Å². The summed E-state index contributed by atoms with van der Waals surface area (Å²) in [6, 6.07) is 3.95. The van der Waals surface area contributed by atoms with Gasteiger partial charge in [-0.25, -0.2) is 0 Å². The first kappa shape index (κ1) is 16.8. The van der Waals surface area contributed by atoms with Gasteiger partial charge in [0, 0.05) is 25.4 Å². The molecular weight excluding hydrogens is 442 g/mol. The number of anilines is 1. The van der Waals surface area contributed by atoms with E-state index >= 15 is 0 Å². The predicted octanol–water partition coefficient (Wildman–Crippen LogP) is 4.55. The topological polar surface area (TPSA) is 70.6 Å². The smallest absolute Gasteiger partial charge is 0.144 e. The summed E-state index contributed by atoms with van der Waals surface area (Å²) in [5.74, 6) is 0.239. The Bertz CT molecular complexity index is 466. The molecule has 1 aromatic carbocycles. The molecule has 0 aliphatic rings. The second-order valence-corrected chi connectivity index (χ2v) is 7.41. The van der Waals surface area contributed by atoms with Crippen LogP contribution in [0.15, 0.2) is 30.7 Å². The lowest BCUT2D eigenvalue weighted by atomic mass is 9.88. The van der Waals surface area contributed by atoms with Crippen molar-refractivity contribution in [2.75, 3.05) is 11.9 Å². The molecule has 0 amide bonds. The zero-order valence-corrected chi connectivity index (χ0v) is 15.4. The molecule has 0 unspecified atom stereocenters. The maximum absolute atomic E-state index is 8.73. The van der Waals surface area contributed by atoms with Gasteiger partial charge in [-0.1, -0.05) is 34.9 Å². The number of hydrogen-bond acceptors (Lipinski definition) is 3. The summed E-state index contributed by atoms with van der Waals surface area (Å²) < 4.78 is 2.93. The molecule has 4 N–H and O–H groups in total. The largest absolute Gasteiger partial charge is 0.409 e. The molecule has 4 nitrogen and oxygen atoms in total. The maximum Gasteiger partial charge on any atom is 0.144 e. The van der Waals surface area contributed by atoms with Gasteiger partial charge in [0.1, 0.15) is 5.84 Å². The van der Waals surface area contributed by atoms with E-state index < -0.39 is 0 Å². The molecule has 0 aliphatic carbocycles. The Hall–Kier alpha value is -0.270. The molecule has 0 atom stereocenters. The highest BCUT2D eigenvalue weighted by Crippen LogP contribution is 2.34. The number of halogens is 3. The molecule has 106 valence electrons. The molecule has 7 heteroatoms. The Kier molecular flexibility index (Phi) is 6.14. The fraction of sp³-hybridized carbons (Fsp3) is 0.417. The van der Waals surface area contributed by atoms with Crippen molar-refractivity contribution < 1.29 is 5.21 Å². The van der Waals surface area contributed by atoms with E-state index in [9.17, 15) is 0 Å². The third-order valence-electron chi connectivity index (χ3n) is 2.86. The third-order valence-corrected chi connectivity index (χ3v) is 4.57. The quantitative estimate of drug-likeness (QED) is 0.263. The number of hydrogen-bond donors (Lipinski definition) is 3. The Labute approximate surface area is 138 Å². The molecule has 0 spiro atoms. The summed E-state index contributed by atoms with van der Waals surface area (Å²) in [5, 5.41) is 15.1. The first-order chi connectivity index (χ1) is 8.77. The van der Waals surface area contributed by atoms with Crippen LogP contribution >= 0.6 is 47.8 Å². The number of benzene rings is 1. The lowest BCUT2D eigenvalue weighted by molar-refractivity contribution is 0.306. The van der Waals surface area contributed by atoms with Crippen molar-refractivity contribution in [1.29, 1.82) is 0 Å². The Morgan fingerprint density at radius 1 is 1.32 bits per heavy atom. The highest BCUT2D eigenvalue weighted by Gasteiger charge is 2.23. The maximum atomic E-state index is 8.73. The molecule has 0 aliphatic heterocycles. The van der Waals surface area contributed by atoms with Crippen molar-refractivity contribution >= 4 is 59.3 Å². The minimum Gasteiger partial charge on any atom is -0.409 e. The van der Waals surface area contributed by atoms with Crippen molar-refractivity contribution in [2.45, 2.75) is 20.3 Å². The van der Waals surface area contributed by atoms with Crippen LogP contribution in [0, 0.1) is 5.41 Å². The summed E-state index contributed by atoms with van der Waals surface area (Å²) in [4.78, 5) is 0. The number of rotatable bonds is 5. The van der Waals surface area contributed by atoms with Gasteiger partial charge in [-0.05, 0) is 50.4 Å². The third kappa shape index (κ3) is 4.65.